The van der Waals surface area contributed by atoms with Gasteiger partial charge in [-0.2, -0.15) is 0 Å². The Morgan fingerprint density at radius 3 is 2.72 bits per heavy atom. The molecule has 18 heavy (non-hydrogen) atoms. The zero-order chi connectivity index (χ0) is 13.4. The van der Waals surface area contributed by atoms with E-state index < -0.39 is 11.4 Å². The van der Waals surface area contributed by atoms with Crippen LogP contribution in [0.2, 0.25) is 0 Å². The third-order valence-corrected chi connectivity index (χ3v) is 4.00. The number of carbonyl (C=O) groups excluding carboxylic acids is 1. The lowest BCUT2D eigenvalue weighted by Crippen LogP contribution is -2.13. The summed E-state index contributed by atoms with van der Waals surface area (Å²) >= 11 is 4.19. The first-order chi connectivity index (χ1) is 8.43. The van der Waals surface area contributed by atoms with Crippen LogP contribution in [-0.2, 0) is 9.53 Å². The van der Waals surface area contributed by atoms with Crippen molar-refractivity contribution in [2.45, 2.75) is 11.4 Å². The zero-order valence-electron chi connectivity index (χ0n) is 9.62. The summed E-state index contributed by atoms with van der Waals surface area (Å²) in [6.07, 6.45) is -2.61. The molecule has 3 nitrogen and oxygen atoms in total. The van der Waals surface area contributed by atoms with E-state index in [0.29, 0.717) is 5.88 Å². The number of halogens is 3. The first-order valence-electron chi connectivity index (χ1n) is 5.06. The lowest BCUT2D eigenvalue weighted by Gasteiger charge is -2.15. The molecule has 2 heterocycles. The highest BCUT2D eigenvalue weighted by Gasteiger charge is 2.37. The summed E-state index contributed by atoms with van der Waals surface area (Å²) in [5, 5.41) is 0.740. The number of ketones is 1. The summed E-state index contributed by atoms with van der Waals surface area (Å²) in [7, 11) is 3.40. The van der Waals surface area contributed by atoms with Gasteiger partial charge in [0.15, 0.2) is 0 Å². The first kappa shape index (κ1) is 13.5. The molecule has 1 aliphatic heterocycles. The van der Waals surface area contributed by atoms with Crippen LogP contribution in [0.25, 0.3) is 5.57 Å². The molecule has 7 heteroatoms. The molecule has 1 atom stereocenters. The maximum atomic E-state index is 12.9. The number of thiophene rings is 1. The van der Waals surface area contributed by atoms with E-state index >= 15 is 0 Å². The van der Waals surface area contributed by atoms with Gasteiger partial charge in [0.1, 0.15) is 5.57 Å². The Morgan fingerprint density at radius 1 is 1.50 bits per heavy atom. The summed E-state index contributed by atoms with van der Waals surface area (Å²) in [6, 6.07) is 1.33. The highest BCUT2D eigenvalue weighted by molar-refractivity contribution is 9.09. The number of carbonyl (C=O) groups is 1. The Balaban J connectivity index is 2.55. The van der Waals surface area contributed by atoms with Crippen LogP contribution in [0.4, 0.5) is 8.78 Å². The van der Waals surface area contributed by atoms with Crippen LogP contribution in [0.1, 0.15) is 16.9 Å². The number of ether oxygens (including phenoxy) is 1. The number of Topliss-reactive ketones (excluding diaryl/α,β-unsaturated/α-hetero) is 1. The van der Waals surface area contributed by atoms with Gasteiger partial charge in [0.2, 0.25) is 16.7 Å². The molecule has 98 valence electrons. The van der Waals surface area contributed by atoms with Crippen molar-refractivity contribution in [2.24, 2.45) is 0 Å². The van der Waals surface area contributed by atoms with E-state index in [4.69, 9.17) is 4.74 Å². The minimum atomic E-state index is -2.61. The van der Waals surface area contributed by atoms with Crippen molar-refractivity contribution in [2.75, 3.05) is 14.1 Å². The molecular weight excluding hydrogens is 328 g/mol. The molecule has 0 aromatic carbocycles. The van der Waals surface area contributed by atoms with Crippen LogP contribution in [0.3, 0.4) is 0 Å². The monoisotopic (exact) mass is 337 g/mol. The predicted molar refractivity (Wildman–Crippen MR) is 68.7 cm³/mol. The summed E-state index contributed by atoms with van der Waals surface area (Å²) < 4.78 is 31.1. The van der Waals surface area contributed by atoms with E-state index in [9.17, 15) is 13.6 Å². The van der Waals surface area contributed by atoms with Gasteiger partial charge in [-0.3, -0.25) is 4.79 Å². The van der Waals surface area contributed by atoms with Gasteiger partial charge >= 0.3 is 0 Å². The molecule has 0 fully saturated rings. The van der Waals surface area contributed by atoms with Gasteiger partial charge in [-0.25, -0.2) is 8.78 Å². The number of nitrogens with zero attached hydrogens (tertiary/aromatic N) is 1. The Bertz CT molecular complexity index is 513. The molecule has 1 aromatic heterocycles. The third kappa shape index (κ3) is 2.16. The third-order valence-electron chi connectivity index (χ3n) is 2.45. The standard InChI is InChI=1S/C11H10BrF2NO2S/c1-15(2)11-6(7(16)9(12)17-11)8-5(10(13)14)3-4-18-8/h3-4,9-10H,1-2H3. The fourth-order valence-electron chi connectivity index (χ4n) is 1.66. The zero-order valence-corrected chi connectivity index (χ0v) is 12.0. The minimum absolute atomic E-state index is 0.132. The maximum absolute atomic E-state index is 12.9. The van der Waals surface area contributed by atoms with Crippen LogP contribution in [0.15, 0.2) is 17.3 Å². The van der Waals surface area contributed by atoms with Gasteiger partial charge < -0.3 is 9.64 Å². The molecule has 0 N–H and O–H groups in total. The second-order valence-electron chi connectivity index (χ2n) is 3.88. The van der Waals surface area contributed by atoms with Crippen LogP contribution in [0.5, 0.6) is 0 Å². The smallest absolute Gasteiger partial charge is 0.265 e. The topological polar surface area (TPSA) is 29.5 Å². The normalized spacial score (nSPS) is 19.7. The fraction of sp³-hybridized carbons (Fsp3) is 0.364. The van der Waals surface area contributed by atoms with Gasteiger partial charge in [-0.05, 0) is 27.4 Å². The molecule has 0 saturated carbocycles. The second kappa shape index (κ2) is 4.97. The summed E-state index contributed by atoms with van der Waals surface area (Å²) in [6.45, 7) is 0. The predicted octanol–water partition coefficient (Wildman–Crippen LogP) is 3.24. The Morgan fingerprint density at radius 2 is 2.17 bits per heavy atom. The Hall–Kier alpha value is -0.950. The van der Waals surface area contributed by atoms with Crippen molar-refractivity contribution in [1.29, 1.82) is 0 Å². The van der Waals surface area contributed by atoms with E-state index in [1.807, 2.05) is 0 Å². The average Bonchev–Trinajstić information content (AvgIpc) is 2.85. The average molecular weight is 338 g/mol. The number of hydrogen-bond acceptors (Lipinski definition) is 4. The molecule has 1 aromatic rings. The molecule has 0 amide bonds. The largest absolute Gasteiger partial charge is 0.455 e. The lowest BCUT2D eigenvalue weighted by molar-refractivity contribution is -0.116. The van der Waals surface area contributed by atoms with Crippen molar-refractivity contribution in [1.82, 2.24) is 4.90 Å². The molecule has 0 radical (unpaired) electrons. The van der Waals surface area contributed by atoms with Gasteiger partial charge in [0.05, 0.1) is 4.88 Å². The van der Waals surface area contributed by atoms with Crippen LogP contribution >= 0.6 is 27.3 Å². The van der Waals surface area contributed by atoms with Gasteiger partial charge in [0.25, 0.3) is 6.43 Å². The molecule has 0 bridgehead atoms. The SMILES string of the molecule is CN(C)C1=C(c2sccc2C(F)F)C(=O)C(Br)O1. The van der Waals surface area contributed by atoms with Crippen LogP contribution in [-0.4, -0.2) is 29.8 Å². The number of alkyl halides is 3. The lowest BCUT2D eigenvalue weighted by atomic mass is 10.1. The van der Waals surface area contributed by atoms with Gasteiger partial charge in [-0.1, -0.05) is 0 Å². The van der Waals surface area contributed by atoms with Crippen molar-refractivity contribution in [3.63, 3.8) is 0 Å². The molecule has 0 saturated heterocycles. The van der Waals surface area contributed by atoms with Crippen molar-refractivity contribution >= 4 is 38.6 Å². The minimum Gasteiger partial charge on any atom is -0.455 e. The van der Waals surface area contributed by atoms with E-state index in [1.165, 1.54) is 6.07 Å². The second-order valence-corrected chi connectivity index (χ2v) is 5.63. The number of rotatable bonds is 3. The molecule has 2 rings (SSSR count). The summed E-state index contributed by atoms with van der Waals surface area (Å²) in [4.78, 5) is 13.9. The first-order valence-corrected chi connectivity index (χ1v) is 6.85. The summed E-state index contributed by atoms with van der Waals surface area (Å²) in [5.41, 5.74) is 0.0834. The van der Waals surface area contributed by atoms with Crippen LogP contribution < -0.4 is 0 Å². The molecular formula is C11H10BrF2NO2S. The quantitative estimate of drug-likeness (QED) is 0.793. The van der Waals surface area contributed by atoms with E-state index in [-0.39, 0.29) is 21.8 Å². The van der Waals surface area contributed by atoms with Crippen molar-refractivity contribution in [3.05, 3.63) is 27.8 Å². The van der Waals surface area contributed by atoms with Gasteiger partial charge in [-0.15, -0.1) is 11.3 Å². The van der Waals surface area contributed by atoms with Crippen molar-refractivity contribution < 1.29 is 18.3 Å². The van der Waals surface area contributed by atoms with E-state index in [1.54, 1.807) is 24.4 Å². The van der Waals surface area contributed by atoms with Crippen LogP contribution in [0, 0.1) is 0 Å². The highest BCUT2D eigenvalue weighted by Crippen LogP contribution is 2.40. The van der Waals surface area contributed by atoms with Crippen molar-refractivity contribution in [3.8, 4) is 0 Å². The molecule has 0 aliphatic carbocycles. The Kier molecular flexibility index (Phi) is 3.72. The van der Waals surface area contributed by atoms with E-state index in [0.717, 1.165) is 11.3 Å². The number of hydrogen-bond donors (Lipinski definition) is 0. The highest BCUT2D eigenvalue weighted by atomic mass is 79.9. The molecule has 0 spiro atoms. The summed E-state index contributed by atoms with van der Waals surface area (Å²) in [5.74, 6) is -0.0192. The maximum Gasteiger partial charge on any atom is 0.265 e. The Labute approximate surface area is 115 Å². The van der Waals surface area contributed by atoms with E-state index in [2.05, 4.69) is 15.9 Å². The molecule has 1 unspecified atom stereocenters. The fourth-order valence-corrected chi connectivity index (χ4v) is 3.02. The molecule has 1 aliphatic rings. The van der Waals surface area contributed by atoms with Gasteiger partial charge in [0, 0.05) is 19.7 Å².